The SMILES string of the molecule is CC1(C)CN(CCCC#N)CCO1. The molecule has 0 aromatic heterocycles. The highest BCUT2D eigenvalue weighted by Crippen LogP contribution is 2.16. The Bertz CT molecular complexity index is 196. The van der Waals surface area contributed by atoms with E-state index >= 15 is 0 Å². The third kappa shape index (κ3) is 3.75. The Morgan fingerprint density at radius 2 is 2.31 bits per heavy atom. The van der Waals surface area contributed by atoms with Gasteiger partial charge in [-0.25, -0.2) is 0 Å². The second kappa shape index (κ2) is 4.59. The van der Waals surface area contributed by atoms with Gasteiger partial charge in [0.2, 0.25) is 0 Å². The quantitative estimate of drug-likeness (QED) is 0.619. The van der Waals surface area contributed by atoms with Gasteiger partial charge in [-0.2, -0.15) is 5.26 Å². The lowest BCUT2D eigenvalue weighted by molar-refractivity contribution is -0.0859. The summed E-state index contributed by atoms with van der Waals surface area (Å²) in [5.41, 5.74) is -0.00903. The summed E-state index contributed by atoms with van der Waals surface area (Å²) in [4.78, 5) is 2.38. The molecule has 0 aromatic rings. The first-order valence-corrected chi connectivity index (χ1v) is 4.87. The number of hydrogen-bond acceptors (Lipinski definition) is 3. The predicted octanol–water partition coefficient (Wildman–Crippen LogP) is 1.40. The molecule has 1 aliphatic heterocycles. The highest BCUT2D eigenvalue weighted by molar-refractivity contribution is 4.79. The van der Waals surface area contributed by atoms with Crippen molar-refractivity contribution in [1.82, 2.24) is 4.90 Å². The summed E-state index contributed by atoms with van der Waals surface area (Å²) >= 11 is 0. The molecule has 0 unspecified atom stereocenters. The zero-order chi connectivity index (χ0) is 9.73. The molecule has 0 aliphatic carbocycles. The number of nitriles is 1. The van der Waals surface area contributed by atoms with Gasteiger partial charge in [0.15, 0.2) is 0 Å². The molecule has 74 valence electrons. The summed E-state index contributed by atoms with van der Waals surface area (Å²) in [6.45, 7) is 8.07. The van der Waals surface area contributed by atoms with E-state index < -0.39 is 0 Å². The smallest absolute Gasteiger partial charge is 0.0753 e. The third-order valence-corrected chi connectivity index (χ3v) is 2.27. The zero-order valence-corrected chi connectivity index (χ0v) is 8.55. The van der Waals surface area contributed by atoms with Gasteiger partial charge < -0.3 is 4.74 Å². The van der Waals surface area contributed by atoms with Crippen LogP contribution in [-0.2, 0) is 4.74 Å². The van der Waals surface area contributed by atoms with Crippen LogP contribution in [0.15, 0.2) is 0 Å². The van der Waals surface area contributed by atoms with E-state index in [0.717, 1.165) is 32.7 Å². The fourth-order valence-electron chi connectivity index (χ4n) is 1.69. The van der Waals surface area contributed by atoms with E-state index in [1.165, 1.54) is 0 Å². The normalized spacial score (nSPS) is 22.5. The Balaban J connectivity index is 2.23. The number of ether oxygens (including phenoxy) is 1. The lowest BCUT2D eigenvalue weighted by Crippen LogP contribution is -2.48. The molecule has 1 rings (SSSR count). The maximum Gasteiger partial charge on any atom is 0.0753 e. The molecule has 1 fully saturated rings. The molecule has 3 nitrogen and oxygen atoms in total. The van der Waals surface area contributed by atoms with Gasteiger partial charge in [0, 0.05) is 19.5 Å². The van der Waals surface area contributed by atoms with Crippen LogP contribution in [0.5, 0.6) is 0 Å². The van der Waals surface area contributed by atoms with Gasteiger partial charge in [-0.3, -0.25) is 4.90 Å². The lowest BCUT2D eigenvalue weighted by atomic mass is 10.1. The Hall–Kier alpha value is -0.590. The number of nitrogens with zero attached hydrogens (tertiary/aromatic N) is 2. The van der Waals surface area contributed by atoms with Crippen molar-refractivity contribution in [3.8, 4) is 6.07 Å². The minimum atomic E-state index is -0.00903. The Morgan fingerprint density at radius 1 is 1.54 bits per heavy atom. The fraction of sp³-hybridized carbons (Fsp3) is 0.900. The van der Waals surface area contributed by atoms with Gasteiger partial charge in [0.25, 0.3) is 0 Å². The average Bonchev–Trinajstić information content (AvgIpc) is 2.03. The van der Waals surface area contributed by atoms with E-state index in [1.54, 1.807) is 0 Å². The van der Waals surface area contributed by atoms with Crippen LogP contribution in [0.25, 0.3) is 0 Å². The van der Waals surface area contributed by atoms with Gasteiger partial charge in [-0.15, -0.1) is 0 Å². The average molecular weight is 182 g/mol. The van der Waals surface area contributed by atoms with Crippen LogP contribution in [0.2, 0.25) is 0 Å². The van der Waals surface area contributed by atoms with Crippen LogP contribution in [-0.4, -0.2) is 36.7 Å². The second-order valence-electron chi connectivity index (χ2n) is 4.15. The molecule has 3 heteroatoms. The van der Waals surface area contributed by atoms with Crippen molar-refractivity contribution in [1.29, 1.82) is 5.26 Å². The van der Waals surface area contributed by atoms with Crippen molar-refractivity contribution in [2.24, 2.45) is 0 Å². The molecule has 0 spiro atoms. The van der Waals surface area contributed by atoms with Crippen LogP contribution in [0, 0.1) is 11.3 Å². The highest BCUT2D eigenvalue weighted by atomic mass is 16.5. The summed E-state index contributed by atoms with van der Waals surface area (Å²) < 4.78 is 5.60. The van der Waals surface area contributed by atoms with E-state index in [-0.39, 0.29) is 5.60 Å². The standard InChI is InChI=1S/C10H18N2O/c1-10(2)9-12(7-8-13-10)6-4-3-5-11/h3-4,6-9H2,1-2H3. The molecular weight excluding hydrogens is 164 g/mol. The summed E-state index contributed by atoms with van der Waals surface area (Å²) in [7, 11) is 0. The minimum Gasteiger partial charge on any atom is -0.373 e. The van der Waals surface area contributed by atoms with Gasteiger partial charge >= 0.3 is 0 Å². The van der Waals surface area contributed by atoms with E-state index in [4.69, 9.17) is 10.00 Å². The maximum atomic E-state index is 8.41. The van der Waals surface area contributed by atoms with Gasteiger partial charge in [0.05, 0.1) is 18.3 Å². The molecule has 1 aliphatic rings. The van der Waals surface area contributed by atoms with Crippen LogP contribution in [0.3, 0.4) is 0 Å². The van der Waals surface area contributed by atoms with Crippen LogP contribution in [0.1, 0.15) is 26.7 Å². The zero-order valence-electron chi connectivity index (χ0n) is 8.55. The maximum absolute atomic E-state index is 8.41. The van der Waals surface area contributed by atoms with Crippen molar-refractivity contribution >= 4 is 0 Å². The van der Waals surface area contributed by atoms with Gasteiger partial charge in [-0.05, 0) is 26.8 Å². The molecule has 0 radical (unpaired) electrons. The van der Waals surface area contributed by atoms with Crippen LogP contribution >= 0.6 is 0 Å². The molecule has 13 heavy (non-hydrogen) atoms. The van der Waals surface area contributed by atoms with Gasteiger partial charge in [0.1, 0.15) is 0 Å². The number of rotatable bonds is 3. The number of morpholine rings is 1. The minimum absolute atomic E-state index is 0.00903. The Morgan fingerprint density at radius 3 is 2.92 bits per heavy atom. The second-order valence-corrected chi connectivity index (χ2v) is 4.15. The Kier molecular flexibility index (Phi) is 3.71. The van der Waals surface area contributed by atoms with Crippen molar-refractivity contribution in [2.75, 3.05) is 26.2 Å². The molecule has 1 saturated heterocycles. The van der Waals surface area contributed by atoms with Crippen molar-refractivity contribution < 1.29 is 4.74 Å². The number of unbranched alkanes of at least 4 members (excludes halogenated alkanes) is 1. The van der Waals surface area contributed by atoms with Crippen molar-refractivity contribution in [3.63, 3.8) is 0 Å². The topological polar surface area (TPSA) is 36.3 Å². The number of hydrogen-bond donors (Lipinski definition) is 0. The highest BCUT2D eigenvalue weighted by Gasteiger charge is 2.26. The van der Waals surface area contributed by atoms with Crippen LogP contribution < -0.4 is 0 Å². The first-order valence-electron chi connectivity index (χ1n) is 4.87. The Labute approximate surface area is 80.3 Å². The molecule has 1 heterocycles. The molecule has 0 aromatic carbocycles. The summed E-state index contributed by atoms with van der Waals surface area (Å²) in [6.07, 6.45) is 1.64. The molecular formula is C10H18N2O. The monoisotopic (exact) mass is 182 g/mol. The largest absolute Gasteiger partial charge is 0.373 e. The fourth-order valence-corrected chi connectivity index (χ4v) is 1.69. The first kappa shape index (κ1) is 10.5. The van der Waals surface area contributed by atoms with E-state index in [9.17, 15) is 0 Å². The van der Waals surface area contributed by atoms with Crippen molar-refractivity contribution in [2.45, 2.75) is 32.3 Å². The first-order chi connectivity index (χ1) is 6.14. The van der Waals surface area contributed by atoms with Gasteiger partial charge in [-0.1, -0.05) is 0 Å². The van der Waals surface area contributed by atoms with Crippen molar-refractivity contribution in [3.05, 3.63) is 0 Å². The van der Waals surface area contributed by atoms with E-state index in [1.807, 2.05) is 0 Å². The summed E-state index contributed by atoms with van der Waals surface area (Å²) in [5.74, 6) is 0. The lowest BCUT2D eigenvalue weighted by Gasteiger charge is -2.38. The molecule has 0 N–H and O–H groups in total. The summed E-state index contributed by atoms with van der Waals surface area (Å²) in [6, 6.07) is 2.17. The van der Waals surface area contributed by atoms with E-state index in [0.29, 0.717) is 6.42 Å². The molecule has 0 bridgehead atoms. The predicted molar refractivity (Wildman–Crippen MR) is 51.3 cm³/mol. The van der Waals surface area contributed by atoms with Crippen LogP contribution in [0.4, 0.5) is 0 Å². The molecule has 0 amide bonds. The van der Waals surface area contributed by atoms with E-state index in [2.05, 4.69) is 24.8 Å². The molecule has 0 saturated carbocycles. The molecule has 0 atom stereocenters. The summed E-state index contributed by atoms with van der Waals surface area (Å²) in [5, 5.41) is 8.41. The third-order valence-electron chi connectivity index (χ3n) is 2.27.